The first kappa shape index (κ1) is 16.2. The van der Waals surface area contributed by atoms with Crippen LogP contribution in [-0.2, 0) is 11.2 Å². The highest BCUT2D eigenvalue weighted by Gasteiger charge is 2.09. The summed E-state index contributed by atoms with van der Waals surface area (Å²) in [6.45, 7) is 0. The van der Waals surface area contributed by atoms with Crippen LogP contribution in [0.25, 0.3) is 21.7 Å². The van der Waals surface area contributed by atoms with E-state index in [1.807, 2.05) is 17.5 Å². The van der Waals surface area contributed by atoms with Crippen LogP contribution in [0.15, 0.2) is 57.3 Å². The van der Waals surface area contributed by atoms with Crippen LogP contribution in [0.2, 0.25) is 0 Å². The number of aromatic amines is 1. The average Bonchev–Trinajstić information content (AvgIpc) is 3.26. The number of nitrogens with one attached hydrogen (secondary N) is 2. The van der Waals surface area contributed by atoms with Crippen molar-refractivity contribution in [3.63, 3.8) is 0 Å². The Morgan fingerprint density at radius 2 is 2.08 bits per heavy atom. The predicted octanol–water partition coefficient (Wildman–Crippen LogP) is 3.21. The van der Waals surface area contributed by atoms with Gasteiger partial charge in [0.05, 0.1) is 11.2 Å². The highest BCUT2D eigenvalue weighted by Crippen LogP contribution is 2.23. The van der Waals surface area contributed by atoms with Crippen molar-refractivity contribution in [1.82, 2.24) is 15.0 Å². The van der Waals surface area contributed by atoms with Crippen LogP contribution in [0.3, 0.4) is 0 Å². The molecule has 0 fully saturated rings. The van der Waals surface area contributed by atoms with Crippen LogP contribution in [0.1, 0.15) is 12.1 Å². The number of rotatable bonds is 5. The quantitative estimate of drug-likeness (QED) is 0.565. The molecule has 130 valence electrons. The highest BCUT2D eigenvalue weighted by atomic mass is 32.1. The maximum Gasteiger partial charge on any atom is 0.417 e. The molecule has 0 aliphatic heterocycles. The number of anilines is 1. The van der Waals surface area contributed by atoms with Gasteiger partial charge in [0.2, 0.25) is 5.91 Å². The smallest absolute Gasteiger partial charge is 0.408 e. The van der Waals surface area contributed by atoms with E-state index in [2.05, 4.69) is 20.3 Å². The zero-order valence-corrected chi connectivity index (χ0v) is 14.4. The van der Waals surface area contributed by atoms with Crippen molar-refractivity contribution in [2.75, 3.05) is 5.32 Å². The first-order valence-corrected chi connectivity index (χ1v) is 8.83. The number of carbonyl (C=O) groups excluding carboxylic acids is 1. The molecule has 1 amide bonds. The van der Waals surface area contributed by atoms with E-state index in [0.717, 1.165) is 16.3 Å². The monoisotopic (exact) mass is 366 g/mol. The molecule has 8 heteroatoms. The van der Waals surface area contributed by atoms with Gasteiger partial charge >= 0.3 is 5.76 Å². The molecule has 4 rings (SSSR count). The molecule has 4 aromatic rings. The fourth-order valence-corrected chi connectivity index (χ4v) is 3.40. The van der Waals surface area contributed by atoms with E-state index in [1.54, 1.807) is 41.9 Å². The Morgan fingerprint density at radius 1 is 1.23 bits per heavy atom. The molecule has 0 atom stereocenters. The summed E-state index contributed by atoms with van der Waals surface area (Å²) in [5.74, 6) is -0.634. The zero-order chi connectivity index (χ0) is 17.9. The minimum atomic E-state index is -0.517. The number of benzene rings is 1. The molecular formula is C18H14N4O3S. The van der Waals surface area contributed by atoms with Gasteiger partial charge in [-0.3, -0.25) is 14.8 Å². The molecule has 0 saturated carbocycles. The number of pyridine rings is 1. The largest absolute Gasteiger partial charge is 0.417 e. The fraction of sp³-hybridized carbons (Fsp3) is 0.111. The van der Waals surface area contributed by atoms with Crippen LogP contribution in [0.5, 0.6) is 0 Å². The van der Waals surface area contributed by atoms with E-state index in [-0.39, 0.29) is 5.91 Å². The van der Waals surface area contributed by atoms with Gasteiger partial charge in [-0.2, -0.15) is 0 Å². The molecule has 0 bridgehead atoms. The Balaban J connectivity index is 1.37. The van der Waals surface area contributed by atoms with Crippen molar-refractivity contribution in [2.45, 2.75) is 12.8 Å². The fourth-order valence-electron chi connectivity index (χ4n) is 2.54. The van der Waals surface area contributed by atoms with Gasteiger partial charge in [0.1, 0.15) is 5.01 Å². The third-order valence-corrected chi connectivity index (χ3v) is 4.73. The molecule has 0 aliphatic rings. The Kier molecular flexibility index (Phi) is 4.32. The molecule has 7 nitrogen and oxygen atoms in total. The van der Waals surface area contributed by atoms with E-state index in [0.29, 0.717) is 29.6 Å². The van der Waals surface area contributed by atoms with Crippen molar-refractivity contribution >= 4 is 34.0 Å². The predicted molar refractivity (Wildman–Crippen MR) is 99.1 cm³/mol. The number of fused-ring (bicyclic) bond motifs is 1. The minimum Gasteiger partial charge on any atom is -0.408 e. The normalized spacial score (nSPS) is 10.9. The third-order valence-electron chi connectivity index (χ3n) is 3.79. The molecule has 26 heavy (non-hydrogen) atoms. The van der Waals surface area contributed by atoms with Gasteiger partial charge in [-0.15, -0.1) is 11.3 Å². The van der Waals surface area contributed by atoms with E-state index in [1.165, 1.54) is 0 Å². The Hall–Kier alpha value is -3.26. The summed E-state index contributed by atoms with van der Waals surface area (Å²) in [6, 6.07) is 8.82. The topological polar surface area (TPSA) is 101 Å². The molecule has 3 aromatic heterocycles. The molecule has 0 aliphatic carbocycles. The van der Waals surface area contributed by atoms with Crippen LogP contribution in [0, 0.1) is 0 Å². The first-order chi connectivity index (χ1) is 12.7. The summed E-state index contributed by atoms with van der Waals surface area (Å²) in [7, 11) is 0. The maximum absolute atomic E-state index is 12.2. The number of hydrogen-bond acceptors (Lipinski definition) is 6. The van der Waals surface area contributed by atoms with Gasteiger partial charge in [0.15, 0.2) is 5.58 Å². The minimum absolute atomic E-state index is 0.117. The number of hydrogen-bond donors (Lipinski definition) is 2. The van der Waals surface area contributed by atoms with E-state index >= 15 is 0 Å². The lowest BCUT2D eigenvalue weighted by atomic mass is 10.2. The number of carbonyl (C=O) groups is 1. The molecule has 0 radical (unpaired) electrons. The second kappa shape index (κ2) is 6.93. The second-order valence-corrected chi connectivity index (χ2v) is 6.51. The molecule has 3 heterocycles. The van der Waals surface area contributed by atoms with Crippen LogP contribution in [-0.4, -0.2) is 20.9 Å². The van der Waals surface area contributed by atoms with Gasteiger partial charge in [0, 0.05) is 35.4 Å². The van der Waals surface area contributed by atoms with Crippen LogP contribution >= 0.6 is 11.3 Å². The van der Waals surface area contributed by atoms with Crippen LogP contribution < -0.4 is 11.1 Å². The molecule has 0 spiro atoms. The summed E-state index contributed by atoms with van der Waals surface area (Å²) in [6.07, 6.45) is 4.33. The standard InChI is InChI=1S/C18H14N4O3S/c23-16(20-12-1-3-15-14(9-12)22-18(24)25-15)4-2-13-10-26-17(21-13)11-5-7-19-8-6-11/h1,3,5-10H,2,4H2,(H,20,23)(H,22,24). The van der Waals surface area contributed by atoms with Gasteiger partial charge in [-0.05, 0) is 36.8 Å². The van der Waals surface area contributed by atoms with Gasteiger partial charge in [-0.1, -0.05) is 0 Å². The van der Waals surface area contributed by atoms with Crippen molar-refractivity contribution in [3.8, 4) is 10.6 Å². The third kappa shape index (κ3) is 3.55. The average molecular weight is 366 g/mol. The first-order valence-electron chi connectivity index (χ1n) is 7.95. The number of oxazole rings is 1. The number of aromatic nitrogens is 3. The summed E-state index contributed by atoms with van der Waals surface area (Å²) in [5, 5.41) is 5.69. The Bertz CT molecular complexity index is 1110. The van der Waals surface area contributed by atoms with Crippen molar-refractivity contribution in [1.29, 1.82) is 0 Å². The van der Waals surface area contributed by atoms with Crippen molar-refractivity contribution in [3.05, 3.63) is 64.4 Å². The molecule has 0 unspecified atom stereocenters. The van der Waals surface area contributed by atoms with Crippen molar-refractivity contribution in [2.24, 2.45) is 0 Å². The summed E-state index contributed by atoms with van der Waals surface area (Å²) < 4.78 is 4.94. The van der Waals surface area contributed by atoms with Crippen molar-refractivity contribution < 1.29 is 9.21 Å². The number of aryl methyl sites for hydroxylation is 1. The molecule has 2 N–H and O–H groups in total. The van der Waals surface area contributed by atoms with Gasteiger partial charge < -0.3 is 9.73 Å². The molecule has 1 aromatic carbocycles. The lowest BCUT2D eigenvalue weighted by Crippen LogP contribution is -2.12. The molecule has 0 saturated heterocycles. The summed E-state index contributed by atoms with van der Waals surface area (Å²) in [5.41, 5.74) is 3.51. The van der Waals surface area contributed by atoms with Crippen LogP contribution in [0.4, 0.5) is 5.69 Å². The van der Waals surface area contributed by atoms with Gasteiger partial charge in [-0.25, -0.2) is 9.78 Å². The van der Waals surface area contributed by atoms with E-state index in [4.69, 9.17) is 4.42 Å². The van der Waals surface area contributed by atoms with Gasteiger partial charge in [0.25, 0.3) is 0 Å². The number of amides is 1. The number of thiazole rings is 1. The zero-order valence-electron chi connectivity index (χ0n) is 13.6. The highest BCUT2D eigenvalue weighted by molar-refractivity contribution is 7.13. The molecular weight excluding hydrogens is 352 g/mol. The Morgan fingerprint density at radius 3 is 2.92 bits per heavy atom. The summed E-state index contributed by atoms with van der Waals surface area (Å²) >= 11 is 1.55. The maximum atomic E-state index is 12.2. The lowest BCUT2D eigenvalue weighted by molar-refractivity contribution is -0.116. The summed E-state index contributed by atoms with van der Waals surface area (Å²) in [4.78, 5) is 34.5. The van der Waals surface area contributed by atoms with E-state index in [9.17, 15) is 9.59 Å². The number of nitrogens with zero attached hydrogens (tertiary/aromatic N) is 2. The Labute approximate surface area is 151 Å². The number of H-pyrrole nitrogens is 1. The second-order valence-electron chi connectivity index (χ2n) is 5.65. The lowest BCUT2D eigenvalue weighted by Gasteiger charge is -2.04. The van der Waals surface area contributed by atoms with E-state index < -0.39 is 5.76 Å². The SMILES string of the molecule is O=C(CCc1csc(-c2ccncc2)n1)Nc1ccc2oc(=O)[nH]c2c1.